The molecule has 0 aliphatic carbocycles. The van der Waals surface area contributed by atoms with Crippen LogP contribution in [0.5, 0.6) is 0 Å². The van der Waals surface area contributed by atoms with E-state index in [1.807, 2.05) is 0 Å². The molecule has 3 rings (SSSR count). The molecule has 0 aliphatic heterocycles. The maximum Gasteiger partial charge on any atom is 0.408 e. The molecule has 2 heterocycles. The van der Waals surface area contributed by atoms with Gasteiger partial charge in [-0.1, -0.05) is 12.1 Å². The zero-order valence-corrected chi connectivity index (χ0v) is 12.0. The predicted molar refractivity (Wildman–Crippen MR) is 78.6 cm³/mol. The number of aromatic amines is 1. The van der Waals surface area contributed by atoms with E-state index in [1.165, 1.54) is 0 Å². The van der Waals surface area contributed by atoms with Gasteiger partial charge < -0.3 is 10.3 Å². The minimum absolute atomic E-state index is 0.0556. The average molecular weight is 337 g/mol. The van der Waals surface area contributed by atoms with Gasteiger partial charge in [-0.3, -0.25) is 14.3 Å². The molecule has 10 heteroatoms. The van der Waals surface area contributed by atoms with Gasteiger partial charge >= 0.3 is 6.18 Å². The van der Waals surface area contributed by atoms with Crippen LogP contribution in [0.1, 0.15) is 10.6 Å². The molecule has 2 aromatic heterocycles. The monoisotopic (exact) mass is 337 g/mol. The van der Waals surface area contributed by atoms with Crippen molar-refractivity contribution in [2.75, 3.05) is 5.32 Å². The Morgan fingerprint density at radius 3 is 2.79 bits per heavy atom. The Labute approximate surface area is 132 Å². The number of benzene rings is 1. The summed E-state index contributed by atoms with van der Waals surface area (Å²) < 4.78 is 37.5. The van der Waals surface area contributed by atoms with Crippen LogP contribution in [-0.4, -0.2) is 31.8 Å². The SMILES string of the molecule is O=C(Nc1cnn(CC(F)(F)F)c1)c1nc2ccccc2c(=O)[nH]1. The number of hydrogen-bond acceptors (Lipinski definition) is 4. The van der Waals surface area contributed by atoms with E-state index < -0.39 is 24.2 Å². The summed E-state index contributed by atoms with van der Waals surface area (Å²) in [6.45, 7) is -1.27. The normalized spacial score (nSPS) is 11.6. The third kappa shape index (κ3) is 3.42. The van der Waals surface area contributed by atoms with Crippen molar-refractivity contribution in [3.8, 4) is 0 Å². The number of hydrogen-bond donors (Lipinski definition) is 2. The highest BCUT2D eigenvalue weighted by atomic mass is 19.4. The molecular formula is C14H10F3N5O2. The molecule has 1 aromatic carbocycles. The van der Waals surface area contributed by atoms with Crippen LogP contribution in [0, 0.1) is 0 Å². The van der Waals surface area contributed by atoms with E-state index in [0.29, 0.717) is 15.6 Å². The first-order valence-corrected chi connectivity index (χ1v) is 6.71. The van der Waals surface area contributed by atoms with Gasteiger partial charge in [0, 0.05) is 6.20 Å². The number of nitrogens with one attached hydrogen (secondary N) is 2. The van der Waals surface area contributed by atoms with E-state index in [9.17, 15) is 22.8 Å². The smallest absolute Gasteiger partial charge is 0.317 e. The van der Waals surface area contributed by atoms with Gasteiger partial charge in [-0.2, -0.15) is 18.3 Å². The average Bonchev–Trinajstić information content (AvgIpc) is 2.92. The molecule has 0 saturated carbocycles. The highest BCUT2D eigenvalue weighted by Gasteiger charge is 2.28. The summed E-state index contributed by atoms with van der Waals surface area (Å²) in [6, 6.07) is 6.46. The number of carbonyl (C=O) groups excluding carboxylic acids is 1. The van der Waals surface area contributed by atoms with Crippen molar-refractivity contribution in [3.05, 3.63) is 52.8 Å². The lowest BCUT2D eigenvalue weighted by atomic mass is 10.2. The first-order chi connectivity index (χ1) is 11.3. The molecule has 0 bridgehead atoms. The largest absolute Gasteiger partial charge is 0.408 e. The lowest BCUT2D eigenvalue weighted by Crippen LogP contribution is -2.21. The van der Waals surface area contributed by atoms with E-state index in [2.05, 4.69) is 20.4 Å². The number of amides is 1. The number of aromatic nitrogens is 4. The fourth-order valence-corrected chi connectivity index (χ4v) is 2.08. The maximum absolute atomic E-state index is 12.3. The zero-order chi connectivity index (χ0) is 17.3. The molecular weight excluding hydrogens is 327 g/mol. The van der Waals surface area contributed by atoms with Crippen LogP contribution in [-0.2, 0) is 6.54 Å². The number of alkyl halides is 3. The fraction of sp³-hybridized carbons (Fsp3) is 0.143. The molecule has 124 valence electrons. The molecule has 0 fully saturated rings. The first-order valence-electron chi connectivity index (χ1n) is 6.71. The van der Waals surface area contributed by atoms with E-state index in [-0.39, 0.29) is 11.5 Å². The Morgan fingerprint density at radius 1 is 1.29 bits per heavy atom. The van der Waals surface area contributed by atoms with Crippen molar-refractivity contribution in [3.63, 3.8) is 0 Å². The molecule has 24 heavy (non-hydrogen) atoms. The van der Waals surface area contributed by atoms with Crippen LogP contribution >= 0.6 is 0 Å². The molecule has 0 atom stereocenters. The van der Waals surface area contributed by atoms with Crippen molar-refractivity contribution >= 4 is 22.5 Å². The van der Waals surface area contributed by atoms with Crippen molar-refractivity contribution in [2.45, 2.75) is 12.7 Å². The molecule has 0 aliphatic rings. The van der Waals surface area contributed by atoms with Crippen molar-refractivity contribution in [1.82, 2.24) is 19.7 Å². The number of fused-ring (bicyclic) bond motifs is 1. The van der Waals surface area contributed by atoms with Gasteiger partial charge in [-0.05, 0) is 12.1 Å². The van der Waals surface area contributed by atoms with Gasteiger partial charge in [0.1, 0.15) is 6.54 Å². The number of nitrogens with zero attached hydrogens (tertiary/aromatic N) is 3. The van der Waals surface area contributed by atoms with Gasteiger partial charge in [0.25, 0.3) is 11.5 Å². The quantitative estimate of drug-likeness (QED) is 0.764. The number of para-hydroxylation sites is 1. The molecule has 2 N–H and O–H groups in total. The number of H-pyrrole nitrogens is 1. The van der Waals surface area contributed by atoms with Crippen LogP contribution in [0.15, 0.2) is 41.5 Å². The Kier molecular flexibility index (Phi) is 3.80. The van der Waals surface area contributed by atoms with E-state index >= 15 is 0 Å². The lowest BCUT2D eigenvalue weighted by molar-refractivity contribution is -0.142. The summed E-state index contributed by atoms with van der Waals surface area (Å²) in [5.74, 6) is -1.01. The van der Waals surface area contributed by atoms with Crippen molar-refractivity contribution < 1.29 is 18.0 Å². The second kappa shape index (κ2) is 5.80. The topological polar surface area (TPSA) is 92.7 Å². The lowest BCUT2D eigenvalue weighted by Gasteiger charge is -2.05. The third-order valence-corrected chi connectivity index (χ3v) is 3.06. The summed E-state index contributed by atoms with van der Waals surface area (Å²) in [5.41, 5.74) is -0.0993. The summed E-state index contributed by atoms with van der Waals surface area (Å²) >= 11 is 0. The minimum Gasteiger partial charge on any atom is -0.317 e. The van der Waals surface area contributed by atoms with E-state index in [4.69, 9.17) is 0 Å². The predicted octanol–water partition coefficient (Wildman–Crippen LogP) is 1.93. The van der Waals surface area contributed by atoms with Crippen LogP contribution in [0.4, 0.5) is 18.9 Å². The number of rotatable bonds is 3. The molecule has 7 nitrogen and oxygen atoms in total. The van der Waals surface area contributed by atoms with Gasteiger partial charge in [-0.25, -0.2) is 4.98 Å². The highest BCUT2D eigenvalue weighted by molar-refractivity contribution is 6.02. The van der Waals surface area contributed by atoms with Gasteiger partial charge in [-0.15, -0.1) is 0 Å². The molecule has 0 radical (unpaired) electrons. The zero-order valence-electron chi connectivity index (χ0n) is 12.0. The first kappa shape index (κ1) is 15.7. The Hall–Kier alpha value is -3.17. The summed E-state index contributed by atoms with van der Waals surface area (Å²) in [4.78, 5) is 30.4. The van der Waals surface area contributed by atoms with Gasteiger partial charge in [0.15, 0.2) is 5.82 Å². The highest BCUT2D eigenvalue weighted by Crippen LogP contribution is 2.18. The Balaban J connectivity index is 1.82. The number of carbonyl (C=O) groups is 1. The molecule has 3 aromatic rings. The third-order valence-electron chi connectivity index (χ3n) is 3.06. The van der Waals surface area contributed by atoms with Crippen molar-refractivity contribution in [1.29, 1.82) is 0 Å². The van der Waals surface area contributed by atoms with Gasteiger partial charge in [0.2, 0.25) is 0 Å². The molecule has 0 unspecified atom stereocenters. The van der Waals surface area contributed by atoms with Crippen LogP contribution in [0.25, 0.3) is 10.9 Å². The fourth-order valence-electron chi connectivity index (χ4n) is 2.08. The minimum atomic E-state index is -4.42. The van der Waals surface area contributed by atoms with Crippen LogP contribution in [0.2, 0.25) is 0 Å². The molecule has 0 saturated heterocycles. The maximum atomic E-state index is 12.3. The summed E-state index contributed by atoms with van der Waals surface area (Å²) in [7, 11) is 0. The second-order valence-corrected chi connectivity index (χ2v) is 4.93. The van der Waals surface area contributed by atoms with Crippen LogP contribution in [0.3, 0.4) is 0 Å². The second-order valence-electron chi connectivity index (χ2n) is 4.93. The Morgan fingerprint density at radius 2 is 2.04 bits per heavy atom. The van der Waals surface area contributed by atoms with Crippen LogP contribution < -0.4 is 10.9 Å². The summed E-state index contributed by atoms with van der Waals surface area (Å²) in [5, 5.41) is 6.17. The number of halogens is 3. The van der Waals surface area contributed by atoms with E-state index in [0.717, 1.165) is 12.4 Å². The molecule has 0 spiro atoms. The number of anilines is 1. The van der Waals surface area contributed by atoms with Crippen molar-refractivity contribution in [2.24, 2.45) is 0 Å². The summed E-state index contributed by atoms with van der Waals surface area (Å²) in [6.07, 6.45) is -2.31. The van der Waals surface area contributed by atoms with E-state index in [1.54, 1.807) is 24.3 Å². The Bertz CT molecular complexity index is 961. The van der Waals surface area contributed by atoms with Gasteiger partial charge in [0.05, 0.1) is 22.8 Å². The standard InChI is InChI=1S/C14H10F3N5O2/c15-14(16,17)7-22-6-8(5-18-22)19-13(24)11-20-10-4-2-1-3-9(10)12(23)21-11/h1-6H,7H2,(H,19,24)(H,20,21,23). The molecule has 1 amide bonds.